The second-order valence-electron chi connectivity index (χ2n) is 6.41. The number of hydrogen-bond donors (Lipinski definition) is 0. The topological polar surface area (TPSA) is 68.5 Å². The Kier molecular flexibility index (Phi) is 5.03. The normalized spacial score (nSPS) is 14.6. The van der Waals surface area contributed by atoms with Gasteiger partial charge in [-0.3, -0.25) is 4.79 Å². The molecule has 0 aliphatic carbocycles. The first-order valence-corrected chi connectivity index (χ1v) is 9.32. The van der Waals surface area contributed by atoms with Gasteiger partial charge in [0.2, 0.25) is 5.82 Å². The summed E-state index contributed by atoms with van der Waals surface area (Å²) in [5.74, 6) is -1.08. The third kappa shape index (κ3) is 4.26. The minimum Gasteiger partial charge on any atom is -0.487 e. The number of amides is 1. The molecule has 0 spiro atoms. The highest BCUT2D eigenvalue weighted by Crippen LogP contribution is 2.30. The van der Waals surface area contributed by atoms with Crippen LogP contribution in [0.2, 0.25) is 0 Å². The van der Waals surface area contributed by atoms with Crippen molar-refractivity contribution in [2.45, 2.75) is 12.3 Å². The maximum absolute atomic E-state index is 12.5. The van der Waals surface area contributed by atoms with Gasteiger partial charge in [0.05, 0.1) is 13.1 Å². The molecule has 1 aromatic heterocycles. The van der Waals surface area contributed by atoms with Gasteiger partial charge in [0.15, 0.2) is 0 Å². The van der Waals surface area contributed by atoms with Gasteiger partial charge >= 0.3 is 12.1 Å². The molecule has 3 aromatic rings. The fourth-order valence-corrected chi connectivity index (χ4v) is 3.21. The van der Waals surface area contributed by atoms with Crippen LogP contribution in [-0.4, -0.2) is 40.1 Å². The molecule has 2 heterocycles. The molecular formula is C19H13BrF3N3O3. The fraction of sp³-hybridized carbons (Fsp3) is 0.211. The number of likely N-dealkylation sites (tertiary alicyclic amines) is 1. The van der Waals surface area contributed by atoms with E-state index in [1.54, 1.807) is 47.4 Å². The summed E-state index contributed by atoms with van der Waals surface area (Å²) in [6.07, 6.45) is -4.84. The van der Waals surface area contributed by atoms with Crippen LogP contribution in [0.25, 0.3) is 11.4 Å². The van der Waals surface area contributed by atoms with Crippen LogP contribution in [0.1, 0.15) is 16.2 Å². The van der Waals surface area contributed by atoms with Gasteiger partial charge < -0.3 is 14.2 Å². The average molecular weight is 468 g/mol. The van der Waals surface area contributed by atoms with Crippen LogP contribution in [0.15, 0.2) is 57.5 Å². The van der Waals surface area contributed by atoms with Crippen molar-refractivity contribution in [3.05, 3.63) is 64.5 Å². The summed E-state index contributed by atoms with van der Waals surface area (Å²) < 4.78 is 48.5. The number of alkyl halides is 3. The largest absolute Gasteiger partial charge is 0.487 e. The molecule has 1 amide bonds. The zero-order valence-corrected chi connectivity index (χ0v) is 16.3. The Labute approximate surface area is 171 Å². The minimum atomic E-state index is -4.68. The second kappa shape index (κ2) is 7.51. The maximum atomic E-state index is 12.5. The summed E-state index contributed by atoms with van der Waals surface area (Å²) in [6, 6.07) is 13.5. The Morgan fingerprint density at radius 1 is 1.17 bits per heavy atom. The van der Waals surface area contributed by atoms with Crippen LogP contribution in [0.5, 0.6) is 5.75 Å². The van der Waals surface area contributed by atoms with Gasteiger partial charge in [0.25, 0.3) is 5.91 Å². The van der Waals surface area contributed by atoms with Crippen LogP contribution in [-0.2, 0) is 6.18 Å². The first-order chi connectivity index (χ1) is 13.8. The number of hydrogen-bond acceptors (Lipinski definition) is 5. The van der Waals surface area contributed by atoms with E-state index < -0.39 is 12.1 Å². The van der Waals surface area contributed by atoms with E-state index in [0.717, 1.165) is 4.47 Å². The summed E-state index contributed by atoms with van der Waals surface area (Å²) in [7, 11) is 0. The van der Waals surface area contributed by atoms with Crippen molar-refractivity contribution >= 4 is 21.8 Å². The average Bonchev–Trinajstić information content (AvgIpc) is 3.15. The van der Waals surface area contributed by atoms with E-state index in [0.29, 0.717) is 30.0 Å². The van der Waals surface area contributed by atoms with Gasteiger partial charge in [-0.25, -0.2) is 0 Å². The van der Waals surface area contributed by atoms with E-state index in [1.165, 1.54) is 0 Å². The van der Waals surface area contributed by atoms with Crippen LogP contribution in [0, 0.1) is 0 Å². The van der Waals surface area contributed by atoms with E-state index in [-0.39, 0.29) is 17.8 Å². The Hall–Kier alpha value is -2.88. The molecule has 0 unspecified atom stereocenters. The number of halogens is 4. The Bertz CT molecular complexity index is 1030. The lowest BCUT2D eigenvalue weighted by atomic mass is 10.1. The van der Waals surface area contributed by atoms with Crippen molar-refractivity contribution in [3.8, 4) is 17.1 Å². The number of benzene rings is 2. The van der Waals surface area contributed by atoms with Gasteiger partial charge in [-0.2, -0.15) is 18.2 Å². The fourth-order valence-electron chi connectivity index (χ4n) is 2.81. The van der Waals surface area contributed by atoms with Crippen molar-refractivity contribution in [3.63, 3.8) is 0 Å². The summed E-state index contributed by atoms with van der Waals surface area (Å²) >= 11 is 3.34. The van der Waals surface area contributed by atoms with Gasteiger partial charge in [0.1, 0.15) is 11.9 Å². The van der Waals surface area contributed by atoms with E-state index in [4.69, 9.17) is 4.74 Å². The number of rotatable bonds is 4. The molecule has 4 rings (SSSR count). The Balaban J connectivity index is 1.33. The number of ether oxygens (including phenoxy) is 1. The molecule has 0 saturated carbocycles. The van der Waals surface area contributed by atoms with Gasteiger partial charge in [-0.1, -0.05) is 27.2 Å². The molecule has 6 nitrogen and oxygen atoms in total. The number of carbonyl (C=O) groups is 1. The molecule has 0 bridgehead atoms. The first-order valence-electron chi connectivity index (χ1n) is 8.52. The number of nitrogens with zero attached hydrogens (tertiary/aromatic N) is 3. The highest BCUT2D eigenvalue weighted by atomic mass is 79.9. The summed E-state index contributed by atoms with van der Waals surface area (Å²) in [4.78, 5) is 17.4. The molecule has 2 aromatic carbocycles. The molecular weight excluding hydrogens is 455 g/mol. The van der Waals surface area contributed by atoms with Crippen LogP contribution >= 0.6 is 15.9 Å². The maximum Gasteiger partial charge on any atom is 0.471 e. The molecule has 1 fully saturated rings. The minimum absolute atomic E-state index is 0.0703. The molecule has 10 heteroatoms. The van der Waals surface area contributed by atoms with Crippen LogP contribution in [0.4, 0.5) is 13.2 Å². The summed E-state index contributed by atoms with van der Waals surface area (Å²) in [5.41, 5.74) is 0.970. The molecule has 0 atom stereocenters. The van der Waals surface area contributed by atoms with Gasteiger partial charge in [0, 0.05) is 15.6 Å². The van der Waals surface area contributed by atoms with Crippen molar-refractivity contribution in [1.29, 1.82) is 0 Å². The van der Waals surface area contributed by atoms with Crippen molar-refractivity contribution < 1.29 is 27.2 Å². The molecule has 150 valence electrons. The first kappa shape index (κ1) is 19.4. The predicted octanol–water partition coefficient (Wildman–Crippen LogP) is 4.42. The molecule has 0 N–H and O–H groups in total. The van der Waals surface area contributed by atoms with Gasteiger partial charge in [-0.15, -0.1) is 0 Å². The molecule has 0 radical (unpaired) electrons. The second-order valence-corrected chi connectivity index (χ2v) is 7.32. The SMILES string of the molecule is O=C(c1cccc(Br)c1)N1CC(Oc2ccc(-c3noc(C(F)(F)F)n3)cc2)C1. The highest BCUT2D eigenvalue weighted by molar-refractivity contribution is 9.10. The van der Waals surface area contributed by atoms with Crippen LogP contribution in [0.3, 0.4) is 0 Å². The zero-order chi connectivity index (χ0) is 20.6. The smallest absolute Gasteiger partial charge is 0.471 e. The predicted molar refractivity (Wildman–Crippen MR) is 99.2 cm³/mol. The molecule has 29 heavy (non-hydrogen) atoms. The molecule has 1 saturated heterocycles. The monoisotopic (exact) mass is 467 g/mol. The highest BCUT2D eigenvalue weighted by Gasteiger charge is 2.38. The Morgan fingerprint density at radius 2 is 1.90 bits per heavy atom. The van der Waals surface area contributed by atoms with E-state index in [9.17, 15) is 18.0 Å². The lowest BCUT2D eigenvalue weighted by Crippen LogP contribution is -2.56. The van der Waals surface area contributed by atoms with Crippen molar-refractivity contribution in [1.82, 2.24) is 15.0 Å². The standard InChI is InChI=1S/C19H13BrF3N3O3/c20-13-3-1-2-12(8-13)17(27)26-9-15(10-26)28-14-6-4-11(5-7-14)16-24-18(29-25-16)19(21,22)23/h1-8,15H,9-10H2. The van der Waals surface area contributed by atoms with Crippen molar-refractivity contribution in [2.75, 3.05) is 13.1 Å². The van der Waals surface area contributed by atoms with E-state index in [2.05, 4.69) is 30.6 Å². The van der Waals surface area contributed by atoms with Crippen molar-refractivity contribution in [2.24, 2.45) is 0 Å². The number of carbonyl (C=O) groups excluding carboxylic acids is 1. The van der Waals surface area contributed by atoms with E-state index in [1.807, 2.05) is 6.07 Å². The third-order valence-corrected chi connectivity index (χ3v) is 4.78. The lowest BCUT2D eigenvalue weighted by molar-refractivity contribution is -0.159. The van der Waals surface area contributed by atoms with E-state index >= 15 is 0 Å². The van der Waals surface area contributed by atoms with Crippen LogP contribution < -0.4 is 4.74 Å². The molecule has 1 aliphatic heterocycles. The third-order valence-electron chi connectivity index (χ3n) is 4.29. The summed E-state index contributed by atoms with van der Waals surface area (Å²) in [6.45, 7) is 0.903. The van der Waals surface area contributed by atoms with Gasteiger partial charge in [-0.05, 0) is 42.5 Å². The number of aromatic nitrogens is 2. The Morgan fingerprint density at radius 3 is 2.52 bits per heavy atom. The zero-order valence-electron chi connectivity index (χ0n) is 14.7. The quantitative estimate of drug-likeness (QED) is 0.567. The summed E-state index contributed by atoms with van der Waals surface area (Å²) in [5, 5.41) is 3.34. The molecule has 1 aliphatic rings. The lowest BCUT2D eigenvalue weighted by Gasteiger charge is -2.39.